The molecule has 6 heteroatoms. The molecule has 0 saturated carbocycles. The lowest BCUT2D eigenvalue weighted by Crippen LogP contribution is -2.18. The molecular weight excluding hydrogens is 410 g/mol. The molecule has 1 aromatic heterocycles. The molecule has 2 N–H and O–H groups in total. The quantitative estimate of drug-likeness (QED) is 0.398. The SMILES string of the molecule is CC(C)(C)c1ccc(C(=O)n2nc(NCc3ccccc3)nc2NCc2ccccc2)cc1. The molecule has 0 bridgehead atoms. The highest BCUT2D eigenvalue weighted by Crippen LogP contribution is 2.23. The number of rotatable bonds is 7. The van der Waals surface area contributed by atoms with E-state index < -0.39 is 0 Å². The van der Waals surface area contributed by atoms with Crippen LogP contribution in [-0.4, -0.2) is 20.7 Å². The summed E-state index contributed by atoms with van der Waals surface area (Å²) in [5.74, 6) is 0.569. The van der Waals surface area contributed by atoms with E-state index in [2.05, 4.69) is 41.5 Å². The molecule has 0 spiro atoms. The average molecular weight is 440 g/mol. The molecule has 0 unspecified atom stereocenters. The van der Waals surface area contributed by atoms with Gasteiger partial charge in [0.25, 0.3) is 5.91 Å². The first-order valence-electron chi connectivity index (χ1n) is 11.1. The second-order valence-corrected chi connectivity index (χ2v) is 8.98. The van der Waals surface area contributed by atoms with Crippen molar-refractivity contribution in [2.24, 2.45) is 0 Å². The second kappa shape index (κ2) is 9.69. The summed E-state index contributed by atoms with van der Waals surface area (Å²) in [7, 11) is 0. The number of carbonyl (C=O) groups excluding carboxylic acids is 1. The molecule has 0 radical (unpaired) electrons. The van der Waals surface area contributed by atoms with E-state index in [1.54, 1.807) is 0 Å². The van der Waals surface area contributed by atoms with Crippen molar-refractivity contribution in [1.82, 2.24) is 14.8 Å². The van der Waals surface area contributed by atoms with Crippen molar-refractivity contribution in [3.63, 3.8) is 0 Å². The predicted octanol–water partition coefficient (Wildman–Crippen LogP) is 5.49. The molecule has 4 aromatic rings. The molecule has 0 saturated heterocycles. The summed E-state index contributed by atoms with van der Waals surface area (Å²) in [6.07, 6.45) is 0. The van der Waals surface area contributed by atoms with Crippen molar-refractivity contribution in [3.8, 4) is 0 Å². The lowest BCUT2D eigenvalue weighted by Gasteiger charge is -2.19. The van der Waals surface area contributed by atoms with E-state index >= 15 is 0 Å². The Morgan fingerprint density at radius 1 is 0.788 bits per heavy atom. The molecule has 0 amide bonds. The monoisotopic (exact) mass is 439 g/mol. The Morgan fingerprint density at radius 3 is 1.88 bits per heavy atom. The molecule has 0 aliphatic carbocycles. The third-order valence-electron chi connectivity index (χ3n) is 5.38. The summed E-state index contributed by atoms with van der Waals surface area (Å²) >= 11 is 0. The highest BCUT2D eigenvalue weighted by molar-refractivity contribution is 5.97. The minimum absolute atomic E-state index is 0.0196. The number of anilines is 2. The third-order valence-corrected chi connectivity index (χ3v) is 5.38. The van der Waals surface area contributed by atoms with Crippen LogP contribution in [0.2, 0.25) is 0 Å². The van der Waals surface area contributed by atoms with Gasteiger partial charge in [0.2, 0.25) is 11.9 Å². The van der Waals surface area contributed by atoms with E-state index in [4.69, 9.17) is 0 Å². The number of nitrogens with zero attached hydrogens (tertiary/aromatic N) is 3. The summed E-state index contributed by atoms with van der Waals surface area (Å²) in [6, 6.07) is 27.7. The third kappa shape index (κ3) is 5.66. The van der Waals surface area contributed by atoms with Crippen LogP contribution in [0.5, 0.6) is 0 Å². The predicted molar refractivity (Wildman–Crippen MR) is 132 cm³/mol. The lowest BCUT2D eigenvalue weighted by atomic mass is 9.87. The lowest BCUT2D eigenvalue weighted by molar-refractivity contribution is 0.0947. The molecular formula is C27H29N5O. The maximum absolute atomic E-state index is 13.3. The fraction of sp³-hybridized carbons (Fsp3) is 0.222. The first kappa shape index (κ1) is 22.3. The van der Waals surface area contributed by atoms with Gasteiger partial charge in [-0.1, -0.05) is 93.6 Å². The first-order valence-corrected chi connectivity index (χ1v) is 11.1. The van der Waals surface area contributed by atoms with Crippen LogP contribution in [-0.2, 0) is 18.5 Å². The minimum Gasteiger partial charge on any atom is -0.350 e. The molecule has 1 heterocycles. The second-order valence-electron chi connectivity index (χ2n) is 8.98. The fourth-order valence-electron chi connectivity index (χ4n) is 3.43. The number of hydrogen-bond donors (Lipinski definition) is 2. The molecule has 33 heavy (non-hydrogen) atoms. The maximum atomic E-state index is 13.3. The Balaban J connectivity index is 1.58. The Morgan fingerprint density at radius 2 is 1.33 bits per heavy atom. The highest BCUT2D eigenvalue weighted by atomic mass is 16.2. The van der Waals surface area contributed by atoms with Crippen LogP contribution in [0.25, 0.3) is 0 Å². The summed E-state index contributed by atoms with van der Waals surface area (Å²) in [5, 5.41) is 11.0. The molecule has 3 aromatic carbocycles. The zero-order valence-corrected chi connectivity index (χ0v) is 19.2. The normalized spacial score (nSPS) is 11.2. The Kier molecular flexibility index (Phi) is 6.54. The summed E-state index contributed by atoms with van der Waals surface area (Å²) in [5.41, 5.74) is 3.95. The number of benzene rings is 3. The van der Waals surface area contributed by atoms with Crippen LogP contribution < -0.4 is 10.6 Å². The van der Waals surface area contributed by atoms with Crippen LogP contribution in [0, 0.1) is 0 Å². The zero-order chi connectivity index (χ0) is 23.3. The molecule has 0 aliphatic heterocycles. The summed E-state index contributed by atoms with van der Waals surface area (Å²) < 4.78 is 1.34. The van der Waals surface area contributed by atoms with Crippen molar-refractivity contribution in [2.75, 3.05) is 10.6 Å². The average Bonchev–Trinajstić information content (AvgIpc) is 3.25. The topological polar surface area (TPSA) is 71.8 Å². The van der Waals surface area contributed by atoms with Gasteiger partial charge < -0.3 is 10.6 Å². The Labute approximate surface area is 194 Å². The highest BCUT2D eigenvalue weighted by Gasteiger charge is 2.19. The zero-order valence-electron chi connectivity index (χ0n) is 19.2. The van der Waals surface area contributed by atoms with Crippen molar-refractivity contribution >= 4 is 17.8 Å². The number of aromatic nitrogens is 3. The first-order chi connectivity index (χ1) is 15.9. The van der Waals surface area contributed by atoms with Crippen molar-refractivity contribution < 1.29 is 4.79 Å². The van der Waals surface area contributed by atoms with Crippen LogP contribution >= 0.6 is 0 Å². The van der Waals surface area contributed by atoms with E-state index in [0.717, 1.165) is 11.1 Å². The van der Waals surface area contributed by atoms with Crippen LogP contribution in [0.4, 0.5) is 11.9 Å². The van der Waals surface area contributed by atoms with Crippen LogP contribution in [0.3, 0.4) is 0 Å². The Hall–Kier alpha value is -3.93. The van der Waals surface area contributed by atoms with Gasteiger partial charge in [-0.25, -0.2) is 0 Å². The molecule has 6 nitrogen and oxygen atoms in total. The van der Waals surface area contributed by atoms with Crippen molar-refractivity contribution in [1.29, 1.82) is 0 Å². The van der Waals surface area contributed by atoms with E-state index in [-0.39, 0.29) is 11.3 Å². The largest absolute Gasteiger partial charge is 0.350 e. The van der Waals surface area contributed by atoms with E-state index in [1.165, 1.54) is 10.2 Å². The van der Waals surface area contributed by atoms with E-state index in [1.807, 2.05) is 84.9 Å². The van der Waals surface area contributed by atoms with Crippen LogP contribution in [0.15, 0.2) is 84.9 Å². The van der Waals surface area contributed by atoms with Gasteiger partial charge in [-0.05, 0) is 34.2 Å². The van der Waals surface area contributed by atoms with Gasteiger partial charge in [-0.2, -0.15) is 9.67 Å². The van der Waals surface area contributed by atoms with E-state index in [9.17, 15) is 4.79 Å². The van der Waals surface area contributed by atoms with Gasteiger partial charge >= 0.3 is 0 Å². The number of nitrogens with one attached hydrogen (secondary N) is 2. The molecule has 0 fully saturated rings. The van der Waals surface area contributed by atoms with Gasteiger partial charge in [-0.3, -0.25) is 4.79 Å². The maximum Gasteiger partial charge on any atom is 0.281 e. The summed E-state index contributed by atoms with van der Waals surface area (Å²) in [4.78, 5) is 17.9. The fourth-order valence-corrected chi connectivity index (χ4v) is 3.43. The van der Waals surface area contributed by atoms with Gasteiger partial charge in [0.1, 0.15) is 0 Å². The van der Waals surface area contributed by atoms with Crippen molar-refractivity contribution in [3.05, 3.63) is 107 Å². The minimum atomic E-state index is -0.230. The van der Waals surface area contributed by atoms with Gasteiger partial charge in [-0.15, -0.1) is 5.10 Å². The van der Waals surface area contributed by atoms with Gasteiger partial charge in [0.05, 0.1) is 0 Å². The molecule has 168 valence electrons. The Bertz CT molecular complexity index is 1190. The summed E-state index contributed by atoms with van der Waals surface area (Å²) in [6.45, 7) is 7.55. The standard InChI is InChI=1S/C27H29N5O/c1-27(2,3)23-16-14-22(15-17-23)24(33)32-26(29-19-21-12-8-5-9-13-21)30-25(31-32)28-18-20-10-6-4-7-11-20/h4-17H,18-19H2,1-3H3,(H2,28,29,30,31). The van der Waals surface area contributed by atoms with Crippen molar-refractivity contribution in [2.45, 2.75) is 39.3 Å². The van der Waals surface area contributed by atoms with Crippen LogP contribution in [0.1, 0.15) is 47.8 Å². The smallest absolute Gasteiger partial charge is 0.281 e. The number of hydrogen-bond acceptors (Lipinski definition) is 5. The molecule has 4 rings (SSSR count). The molecule has 0 atom stereocenters. The van der Waals surface area contributed by atoms with Gasteiger partial charge in [0.15, 0.2) is 0 Å². The number of carbonyl (C=O) groups is 1. The molecule has 0 aliphatic rings. The van der Waals surface area contributed by atoms with E-state index in [0.29, 0.717) is 30.5 Å². The van der Waals surface area contributed by atoms with Gasteiger partial charge in [0, 0.05) is 18.7 Å².